The maximum Gasteiger partial charge on any atom is 0.325 e. The number of nitrogens with one attached hydrogen (secondary N) is 2. The van der Waals surface area contributed by atoms with Crippen LogP contribution < -0.4 is 10.6 Å². The van der Waals surface area contributed by atoms with Gasteiger partial charge in [0.2, 0.25) is 5.91 Å². The number of fused-ring (bicyclic) bond motifs is 1. The second-order valence-electron chi connectivity index (χ2n) is 9.86. The molecular weight excluding hydrogens is 370 g/mol. The second kappa shape index (κ2) is 7.18. The molecule has 1 unspecified atom stereocenters. The van der Waals surface area contributed by atoms with Crippen molar-refractivity contribution in [2.75, 3.05) is 6.54 Å². The minimum Gasteiger partial charge on any atom is -0.469 e. The summed E-state index contributed by atoms with van der Waals surface area (Å²) in [5.74, 6) is 0.877. The Bertz CT molecular complexity index is 814. The standard InChI is InChI=1S/C22H31N3O4/c1-21(2,3)14-7-10-22(11-8-14)19(27)25(20(28)24-22)13-18(26)23-16-5-4-6-17-15(16)9-12-29-17/h9,12,14,16H,4-8,10-11,13H2,1-3H3,(H,23,26)(H,24,28). The lowest BCUT2D eigenvalue weighted by Gasteiger charge is -2.40. The Kier molecular flexibility index (Phi) is 4.95. The van der Waals surface area contributed by atoms with Gasteiger partial charge in [0, 0.05) is 12.0 Å². The van der Waals surface area contributed by atoms with Gasteiger partial charge in [-0.25, -0.2) is 4.79 Å². The number of urea groups is 1. The fourth-order valence-corrected chi connectivity index (χ4v) is 5.16. The molecule has 2 aliphatic carbocycles. The third-order valence-corrected chi connectivity index (χ3v) is 7.00. The maximum atomic E-state index is 13.1. The van der Waals surface area contributed by atoms with Crippen LogP contribution >= 0.6 is 0 Å². The molecule has 1 aromatic rings. The summed E-state index contributed by atoms with van der Waals surface area (Å²) in [5, 5.41) is 5.88. The minimum atomic E-state index is -0.832. The van der Waals surface area contributed by atoms with Crippen LogP contribution in [0, 0.1) is 11.3 Å². The molecule has 1 spiro atoms. The third-order valence-electron chi connectivity index (χ3n) is 7.00. The Morgan fingerprint density at radius 3 is 2.69 bits per heavy atom. The van der Waals surface area contributed by atoms with Crippen molar-refractivity contribution in [3.63, 3.8) is 0 Å². The van der Waals surface area contributed by atoms with Crippen LogP contribution in [0.25, 0.3) is 0 Å². The molecule has 4 rings (SSSR count). The van der Waals surface area contributed by atoms with E-state index < -0.39 is 11.6 Å². The van der Waals surface area contributed by atoms with E-state index in [1.165, 1.54) is 0 Å². The summed E-state index contributed by atoms with van der Waals surface area (Å²) in [6.07, 6.45) is 7.37. The van der Waals surface area contributed by atoms with Crippen molar-refractivity contribution in [2.24, 2.45) is 11.3 Å². The number of aryl methyl sites for hydroxylation is 1. The van der Waals surface area contributed by atoms with Crippen LogP contribution in [0.4, 0.5) is 4.79 Å². The monoisotopic (exact) mass is 401 g/mol. The van der Waals surface area contributed by atoms with Crippen molar-refractivity contribution >= 4 is 17.8 Å². The van der Waals surface area contributed by atoms with Gasteiger partial charge in [-0.1, -0.05) is 20.8 Å². The number of amides is 4. The minimum absolute atomic E-state index is 0.123. The van der Waals surface area contributed by atoms with Gasteiger partial charge in [-0.15, -0.1) is 0 Å². The zero-order valence-corrected chi connectivity index (χ0v) is 17.5. The Morgan fingerprint density at radius 1 is 1.28 bits per heavy atom. The molecule has 158 valence electrons. The number of hydrogen-bond donors (Lipinski definition) is 2. The molecule has 1 atom stereocenters. The third kappa shape index (κ3) is 3.67. The molecule has 0 bridgehead atoms. The second-order valence-corrected chi connectivity index (χ2v) is 9.86. The first-order valence-corrected chi connectivity index (χ1v) is 10.7. The summed E-state index contributed by atoms with van der Waals surface area (Å²) >= 11 is 0. The fourth-order valence-electron chi connectivity index (χ4n) is 5.16. The number of carbonyl (C=O) groups excluding carboxylic acids is 3. The zero-order valence-electron chi connectivity index (χ0n) is 17.5. The van der Waals surface area contributed by atoms with Gasteiger partial charge < -0.3 is 15.1 Å². The van der Waals surface area contributed by atoms with Crippen LogP contribution in [-0.4, -0.2) is 34.8 Å². The molecular formula is C22H31N3O4. The molecule has 2 fully saturated rings. The van der Waals surface area contributed by atoms with Crippen LogP contribution in [0.15, 0.2) is 16.7 Å². The van der Waals surface area contributed by atoms with Crippen molar-refractivity contribution in [2.45, 2.75) is 77.3 Å². The molecule has 1 saturated carbocycles. The van der Waals surface area contributed by atoms with Gasteiger partial charge >= 0.3 is 6.03 Å². The highest BCUT2D eigenvalue weighted by molar-refractivity contribution is 6.09. The summed E-state index contributed by atoms with van der Waals surface area (Å²) in [4.78, 5) is 39.3. The van der Waals surface area contributed by atoms with E-state index in [9.17, 15) is 14.4 Å². The summed E-state index contributed by atoms with van der Waals surface area (Å²) in [5.41, 5.74) is 0.360. The van der Waals surface area contributed by atoms with Crippen molar-refractivity contribution in [1.29, 1.82) is 0 Å². The highest BCUT2D eigenvalue weighted by Crippen LogP contribution is 2.43. The molecule has 2 N–H and O–H groups in total. The Balaban J connectivity index is 1.38. The SMILES string of the molecule is CC(C)(C)C1CCC2(CC1)NC(=O)N(CC(=O)NC1CCCc3occc31)C2=O. The van der Waals surface area contributed by atoms with E-state index in [-0.39, 0.29) is 29.8 Å². The van der Waals surface area contributed by atoms with E-state index in [4.69, 9.17) is 4.42 Å². The van der Waals surface area contributed by atoms with Crippen LogP contribution in [0.5, 0.6) is 0 Å². The van der Waals surface area contributed by atoms with E-state index in [1.54, 1.807) is 6.26 Å². The van der Waals surface area contributed by atoms with Gasteiger partial charge in [-0.3, -0.25) is 14.5 Å². The lowest BCUT2D eigenvalue weighted by molar-refractivity contribution is -0.136. The Hall–Kier alpha value is -2.31. The normalized spacial score (nSPS) is 29.7. The van der Waals surface area contributed by atoms with Gasteiger partial charge in [0.25, 0.3) is 5.91 Å². The van der Waals surface area contributed by atoms with Crippen LogP contribution in [0.2, 0.25) is 0 Å². The lowest BCUT2D eigenvalue weighted by Crippen LogP contribution is -2.51. The van der Waals surface area contributed by atoms with Crippen LogP contribution in [-0.2, 0) is 16.0 Å². The van der Waals surface area contributed by atoms with E-state index in [0.717, 1.165) is 48.3 Å². The lowest BCUT2D eigenvalue weighted by atomic mass is 9.67. The molecule has 2 heterocycles. The average molecular weight is 402 g/mol. The van der Waals surface area contributed by atoms with E-state index >= 15 is 0 Å². The maximum absolute atomic E-state index is 13.1. The highest BCUT2D eigenvalue weighted by atomic mass is 16.3. The predicted molar refractivity (Wildman–Crippen MR) is 107 cm³/mol. The molecule has 1 aliphatic heterocycles. The van der Waals surface area contributed by atoms with Gasteiger partial charge in [-0.05, 0) is 55.9 Å². The predicted octanol–water partition coefficient (Wildman–Crippen LogP) is 3.30. The van der Waals surface area contributed by atoms with Gasteiger partial charge in [0.15, 0.2) is 0 Å². The number of carbonyl (C=O) groups is 3. The Labute approximate surface area is 171 Å². The molecule has 7 nitrogen and oxygen atoms in total. The van der Waals surface area contributed by atoms with Crippen LogP contribution in [0.3, 0.4) is 0 Å². The largest absolute Gasteiger partial charge is 0.469 e. The molecule has 3 aliphatic rings. The topological polar surface area (TPSA) is 91.7 Å². The van der Waals surface area contributed by atoms with Gasteiger partial charge in [0.1, 0.15) is 17.8 Å². The molecule has 0 aromatic carbocycles. The average Bonchev–Trinajstić information content (AvgIpc) is 3.22. The number of imide groups is 1. The molecule has 4 amide bonds. The van der Waals surface area contributed by atoms with Crippen molar-refractivity contribution in [3.05, 3.63) is 23.7 Å². The first kappa shape index (κ1) is 20.0. The summed E-state index contributed by atoms with van der Waals surface area (Å²) in [7, 11) is 0. The van der Waals surface area contributed by atoms with Crippen molar-refractivity contribution in [1.82, 2.24) is 15.5 Å². The smallest absolute Gasteiger partial charge is 0.325 e. The highest BCUT2D eigenvalue weighted by Gasteiger charge is 2.53. The summed E-state index contributed by atoms with van der Waals surface area (Å²) in [6.45, 7) is 6.42. The Morgan fingerprint density at radius 2 is 2.00 bits per heavy atom. The van der Waals surface area contributed by atoms with Crippen molar-refractivity contribution < 1.29 is 18.8 Å². The fraction of sp³-hybridized carbons (Fsp3) is 0.682. The molecule has 1 aromatic heterocycles. The first-order valence-electron chi connectivity index (χ1n) is 10.7. The molecule has 7 heteroatoms. The molecule has 0 radical (unpaired) electrons. The number of furan rings is 1. The zero-order chi connectivity index (χ0) is 20.8. The number of nitrogens with zero attached hydrogens (tertiary/aromatic N) is 1. The number of rotatable bonds is 3. The van der Waals surface area contributed by atoms with E-state index in [0.29, 0.717) is 18.8 Å². The van der Waals surface area contributed by atoms with Crippen molar-refractivity contribution in [3.8, 4) is 0 Å². The van der Waals surface area contributed by atoms with Gasteiger partial charge in [-0.2, -0.15) is 0 Å². The summed E-state index contributed by atoms with van der Waals surface area (Å²) < 4.78 is 5.46. The summed E-state index contributed by atoms with van der Waals surface area (Å²) in [6, 6.07) is 1.31. The van der Waals surface area contributed by atoms with Gasteiger partial charge in [0.05, 0.1) is 12.3 Å². The van der Waals surface area contributed by atoms with Crippen LogP contribution in [0.1, 0.15) is 76.7 Å². The quantitative estimate of drug-likeness (QED) is 0.760. The number of hydrogen-bond acceptors (Lipinski definition) is 4. The molecule has 1 saturated heterocycles. The van der Waals surface area contributed by atoms with E-state index in [1.807, 2.05) is 6.07 Å². The molecule has 29 heavy (non-hydrogen) atoms. The first-order chi connectivity index (χ1) is 13.7. The van der Waals surface area contributed by atoms with E-state index in [2.05, 4.69) is 31.4 Å².